The van der Waals surface area contributed by atoms with Crippen LogP contribution in [0.15, 0.2) is 82.6 Å². The van der Waals surface area contributed by atoms with Gasteiger partial charge in [-0.3, -0.25) is 4.79 Å². The highest BCUT2D eigenvalue weighted by Crippen LogP contribution is 2.44. The van der Waals surface area contributed by atoms with Crippen molar-refractivity contribution in [3.63, 3.8) is 0 Å². The third-order valence-corrected chi connectivity index (χ3v) is 8.48. The molecule has 4 rings (SSSR count). The highest BCUT2D eigenvalue weighted by atomic mass is 32.2. The van der Waals surface area contributed by atoms with Crippen molar-refractivity contribution in [2.45, 2.75) is 30.6 Å². The lowest BCUT2D eigenvalue weighted by Crippen LogP contribution is -2.08. The van der Waals surface area contributed by atoms with Crippen LogP contribution in [0.4, 0.5) is 16.4 Å². The summed E-state index contributed by atoms with van der Waals surface area (Å²) in [5.41, 5.74) is 10.5. The minimum Gasteiger partial charge on any atom is -0.396 e. The number of hydrogen-bond acceptors (Lipinski definition) is 6. The van der Waals surface area contributed by atoms with Gasteiger partial charge >= 0.3 is 0 Å². The molecule has 0 aliphatic rings. The number of nitrogens with two attached hydrogens (primary N) is 1. The lowest BCUT2D eigenvalue weighted by molar-refractivity contribution is 0.104. The van der Waals surface area contributed by atoms with Crippen LogP contribution in [0, 0.1) is 20.8 Å². The number of aryl methyl sites for hydroxylation is 3. The quantitative estimate of drug-likeness (QED) is 0.330. The standard InChI is InChI=1S/C26H24N2O3S2/c1-16-9-12-20(13-10-16)33(30,31)25-22(27)24(23(29)19-7-5-4-6-8-19)32-26(25)28-21-14-11-17(2)15-18(21)3/h4-15,28H,27H2,1-3H3. The second kappa shape index (κ2) is 8.84. The van der Waals surface area contributed by atoms with Gasteiger partial charge in [0.2, 0.25) is 15.6 Å². The Kier molecular flexibility index (Phi) is 6.10. The average molecular weight is 477 g/mol. The van der Waals surface area contributed by atoms with Crippen molar-refractivity contribution in [2.24, 2.45) is 0 Å². The number of ketones is 1. The molecule has 4 aromatic rings. The predicted molar refractivity (Wildman–Crippen MR) is 134 cm³/mol. The van der Waals surface area contributed by atoms with Crippen LogP contribution < -0.4 is 11.1 Å². The number of benzene rings is 3. The lowest BCUT2D eigenvalue weighted by Gasteiger charge is -2.12. The summed E-state index contributed by atoms with van der Waals surface area (Å²) in [6, 6.07) is 21.1. The molecule has 0 fully saturated rings. The Morgan fingerprint density at radius 2 is 1.52 bits per heavy atom. The first-order valence-electron chi connectivity index (χ1n) is 10.4. The number of rotatable bonds is 6. The number of hydrogen-bond donors (Lipinski definition) is 2. The monoisotopic (exact) mass is 476 g/mol. The first-order chi connectivity index (χ1) is 15.7. The van der Waals surface area contributed by atoms with Crippen LogP contribution in [0.1, 0.15) is 31.9 Å². The van der Waals surface area contributed by atoms with Crippen molar-refractivity contribution >= 4 is 43.3 Å². The number of anilines is 3. The molecule has 0 atom stereocenters. The molecule has 0 aliphatic carbocycles. The molecule has 0 saturated carbocycles. The Morgan fingerprint density at radius 3 is 2.15 bits per heavy atom. The number of carbonyl (C=O) groups excluding carboxylic acids is 1. The molecular formula is C26H24N2O3S2. The minimum absolute atomic E-state index is 0.0401. The Labute approximate surface area is 197 Å². The third kappa shape index (κ3) is 4.42. The van der Waals surface area contributed by atoms with Gasteiger partial charge in [0, 0.05) is 11.3 Å². The normalized spacial score (nSPS) is 11.4. The van der Waals surface area contributed by atoms with E-state index < -0.39 is 9.84 Å². The van der Waals surface area contributed by atoms with E-state index in [0.29, 0.717) is 10.6 Å². The second-order valence-electron chi connectivity index (χ2n) is 7.96. The van der Waals surface area contributed by atoms with Crippen molar-refractivity contribution in [2.75, 3.05) is 11.1 Å². The number of carbonyl (C=O) groups is 1. The van der Waals surface area contributed by atoms with E-state index in [1.807, 2.05) is 45.0 Å². The van der Waals surface area contributed by atoms with Gasteiger partial charge in [0.25, 0.3) is 0 Å². The lowest BCUT2D eigenvalue weighted by atomic mass is 10.1. The molecule has 168 valence electrons. The second-order valence-corrected chi connectivity index (χ2v) is 10.9. The van der Waals surface area contributed by atoms with E-state index in [-0.39, 0.29) is 26.1 Å². The topological polar surface area (TPSA) is 89.3 Å². The fourth-order valence-corrected chi connectivity index (χ4v) is 6.50. The van der Waals surface area contributed by atoms with E-state index >= 15 is 0 Å². The summed E-state index contributed by atoms with van der Waals surface area (Å²) in [6.07, 6.45) is 0. The zero-order chi connectivity index (χ0) is 23.8. The molecule has 0 radical (unpaired) electrons. The molecule has 3 aromatic carbocycles. The van der Waals surface area contributed by atoms with Gasteiger partial charge in [-0.1, -0.05) is 65.7 Å². The summed E-state index contributed by atoms with van der Waals surface area (Å²) in [5.74, 6) is -0.313. The number of thiophene rings is 1. The summed E-state index contributed by atoms with van der Waals surface area (Å²) in [7, 11) is -3.98. The molecule has 0 amide bonds. The van der Waals surface area contributed by atoms with E-state index in [1.54, 1.807) is 48.5 Å². The molecule has 33 heavy (non-hydrogen) atoms. The third-order valence-electron chi connectivity index (χ3n) is 5.37. The fourth-order valence-electron chi connectivity index (χ4n) is 3.58. The molecule has 0 aliphatic heterocycles. The highest BCUT2D eigenvalue weighted by Gasteiger charge is 2.31. The van der Waals surface area contributed by atoms with Crippen LogP contribution in [0.3, 0.4) is 0 Å². The summed E-state index contributed by atoms with van der Waals surface area (Å²) in [5, 5.41) is 3.55. The van der Waals surface area contributed by atoms with Crippen molar-refractivity contribution < 1.29 is 13.2 Å². The largest absolute Gasteiger partial charge is 0.396 e. The Morgan fingerprint density at radius 1 is 0.879 bits per heavy atom. The van der Waals surface area contributed by atoms with Crippen LogP contribution in [0.5, 0.6) is 0 Å². The van der Waals surface area contributed by atoms with Gasteiger partial charge in [-0.15, -0.1) is 11.3 Å². The molecule has 1 aromatic heterocycles. The summed E-state index contributed by atoms with van der Waals surface area (Å²) >= 11 is 1.06. The summed E-state index contributed by atoms with van der Waals surface area (Å²) < 4.78 is 27.3. The Balaban J connectivity index is 1.90. The van der Waals surface area contributed by atoms with Gasteiger partial charge in [0.1, 0.15) is 14.8 Å². The van der Waals surface area contributed by atoms with Crippen molar-refractivity contribution in [3.8, 4) is 0 Å². The number of nitrogens with one attached hydrogen (secondary N) is 1. The van der Waals surface area contributed by atoms with E-state index in [2.05, 4.69) is 5.32 Å². The van der Waals surface area contributed by atoms with Gasteiger partial charge in [0.05, 0.1) is 10.6 Å². The maximum Gasteiger partial charge on any atom is 0.211 e. The molecule has 7 heteroatoms. The van der Waals surface area contributed by atoms with Gasteiger partial charge in [-0.05, 0) is 44.5 Å². The first kappa shape index (κ1) is 22.8. The minimum atomic E-state index is -3.98. The van der Waals surface area contributed by atoms with Crippen molar-refractivity contribution in [3.05, 3.63) is 99.9 Å². The molecule has 0 spiro atoms. The highest BCUT2D eigenvalue weighted by molar-refractivity contribution is 7.92. The number of sulfone groups is 1. The Bertz CT molecular complexity index is 1440. The zero-order valence-electron chi connectivity index (χ0n) is 18.5. The van der Waals surface area contributed by atoms with Crippen molar-refractivity contribution in [1.82, 2.24) is 0 Å². The van der Waals surface area contributed by atoms with Crippen LogP contribution in [0.25, 0.3) is 0 Å². The molecule has 0 saturated heterocycles. The maximum atomic E-state index is 13.7. The maximum absolute atomic E-state index is 13.7. The van der Waals surface area contributed by atoms with Crippen LogP contribution in [-0.4, -0.2) is 14.2 Å². The zero-order valence-corrected chi connectivity index (χ0v) is 20.2. The smallest absolute Gasteiger partial charge is 0.211 e. The molecule has 1 heterocycles. The summed E-state index contributed by atoms with van der Waals surface area (Å²) in [6.45, 7) is 5.82. The molecular weight excluding hydrogens is 452 g/mol. The van der Waals surface area contributed by atoms with Gasteiger partial charge in [0.15, 0.2) is 0 Å². The van der Waals surface area contributed by atoms with E-state index in [9.17, 15) is 13.2 Å². The fraction of sp³-hybridized carbons (Fsp3) is 0.115. The summed E-state index contributed by atoms with van der Waals surface area (Å²) in [4.78, 5) is 13.5. The van der Waals surface area contributed by atoms with E-state index in [4.69, 9.17) is 5.73 Å². The van der Waals surface area contributed by atoms with Crippen molar-refractivity contribution in [1.29, 1.82) is 0 Å². The SMILES string of the molecule is Cc1ccc(S(=O)(=O)c2c(Nc3ccc(C)cc3C)sc(C(=O)c3ccccc3)c2N)cc1. The van der Waals surface area contributed by atoms with Crippen LogP contribution in [-0.2, 0) is 9.84 Å². The Hall–Kier alpha value is -3.42. The van der Waals surface area contributed by atoms with Crippen LogP contribution in [0.2, 0.25) is 0 Å². The van der Waals surface area contributed by atoms with Gasteiger partial charge in [-0.25, -0.2) is 8.42 Å². The molecule has 0 unspecified atom stereocenters. The van der Waals surface area contributed by atoms with E-state index in [1.165, 1.54) is 0 Å². The van der Waals surface area contributed by atoms with Gasteiger partial charge < -0.3 is 11.1 Å². The van der Waals surface area contributed by atoms with E-state index in [0.717, 1.165) is 33.7 Å². The molecule has 3 N–H and O–H groups in total. The molecule has 0 bridgehead atoms. The number of nitrogen functional groups attached to an aromatic ring is 1. The van der Waals surface area contributed by atoms with Crippen LogP contribution >= 0.6 is 11.3 Å². The first-order valence-corrected chi connectivity index (χ1v) is 12.7. The average Bonchev–Trinajstić information content (AvgIpc) is 3.12. The molecule has 5 nitrogen and oxygen atoms in total. The predicted octanol–water partition coefficient (Wildman–Crippen LogP) is 6.06. The van der Waals surface area contributed by atoms with Gasteiger partial charge in [-0.2, -0.15) is 0 Å².